The molecule has 2 atom stereocenters. The Morgan fingerprint density at radius 3 is 2.35 bits per heavy atom. The van der Waals surface area contributed by atoms with Gasteiger partial charge in [-0.25, -0.2) is 5.43 Å². The van der Waals surface area contributed by atoms with Gasteiger partial charge in [0.15, 0.2) is 17.6 Å². The molecule has 0 spiro atoms. The molecule has 1 heterocycles. The van der Waals surface area contributed by atoms with Crippen LogP contribution in [0.15, 0.2) is 77.9 Å². The van der Waals surface area contributed by atoms with Gasteiger partial charge in [0, 0.05) is 11.6 Å². The third-order valence-electron chi connectivity index (χ3n) is 4.84. The van der Waals surface area contributed by atoms with Crippen LogP contribution in [0.2, 0.25) is 0 Å². The normalized spacial score (nSPS) is 17.2. The molecule has 7 heteroatoms. The fourth-order valence-electron chi connectivity index (χ4n) is 3.27. The molecule has 7 nitrogen and oxygen atoms in total. The van der Waals surface area contributed by atoms with Crippen molar-refractivity contribution in [3.05, 3.63) is 83.9 Å². The predicted octanol–water partition coefficient (Wildman–Crippen LogP) is 3.74. The number of fused-ring (bicyclic) bond motifs is 1. The smallest absolute Gasteiger partial charge is 0.285 e. The Morgan fingerprint density at radius 1 is 0.935 bits per heavy atom. The number of methoxy groups -OCH3 is 2. The Balaban J connectivity index is 1.54. The molecule has 1 amide bonds. The lowest BCUT2D eigenvalue weighted by Gasteiger charge is -2.32. The fourth-order valence-corrected chi connectivity index (χ4v) is 3.27. The van der Waals surface area contributed by atoms with Crippen LogP contribution in [0, 0.1) is 0 Å². The third kappa shape index (κ3) is 4.45. The highest BCUT2D eigenvalue weighted by atomic mass is 16.6. The first kappa shape index (κ1) is 20.3. The molecule has 1 aliphatic heterocycles. The Morgan fingerprint density at radius 2 is 1.65 bits per heavy atom. The molecule has 0 fully saturated rings. The maximum atomic E-state index is 13.0. The maximum Gasteiger partial charge on any atom is 0.285 e. The molecule has 1 aliphatic rings. The van der Waals surface area contributed by atoms with Crippen LogP contribution in [0.1, 0.15) is 17.2 Å². The minimum Gasteiger partial charge on any atom is -0.497 e. The summed E-state index contributed by atoms with van der Waals surface area (Å²) >= 11 is 0. The van der Waals surface area contributed by atoms with Crippen LogP contribution in [-0.2, 0) is 4.79 Å². The molecule has 0 bridgehead atoms. The second kappa shape index (κ2) is 9.21. The van der Waals surface area contributed by atoms with E-state index >= 15 is 0 Å². The number of carbonyl (C=O) groups excluding carboxylic acids is 1. The summed E-state index contributed by atoms with van der Waals surface area (Å²) in [7, 11) is 3.14. The van der Waals surface area contributed by atoms with Gasteiger partial charge in [0.25, 0.3) is 5.91 Å². The molecule has 0 saturated carbocycles. The van der Waals surface area contributed by atoms with E-state index < -0.39 is 18.1 Å². The molecule has 158 valence electrons. The van der Waals surface area contributed by atoms with Crippen LogP contribution in [0.5, 0.6) is 23.0 Å². The SMILES string of the molecule is COc1ccc(C=NNC(=O)C2Oc3ccccc3OC2c2ccccc2)c(OC)c1. The third-order valence-corrected chi connectivity index (χ3v) is 4.84. The summed E-state index contributed by atoms with van der Waals surface area (Å²) in [6.07, 6.45) is -0.0141. The Kier molecular flexibility index (Phi) is 6.03. The number of hydrogen-bond acceptors (Lipinski definition) is 6. The maximum absolute atomic E-state index is 13.0. The first-order chi connectivity index (χ1) is 15.2. The fraction of sp³-hybridized carbons (Fsp3) is 0.167. The van der Waals surface area contributed by atoms with Gasteiger partial charge < -0.3 is 18.9 Å². The minimum absolute atomic E-state index is 0.424. The van der Waals surface area contributed by atoms with Gasteiger partial charge in [-0.1, -0.05) is 42.5 Å². The van der Waals surface area contributed by atoms with Crippen molar-refractivity contribution < 1.29 is 23.7 Å². The first-order valence-corrected chi connectivity index (χ1v) is 9.72. The second-order valence-electron chi connectivity index (χ2n) is 6.78. The van der Waals surface area contributed by atoms with E-state index in [9.17, 15) is 4.79 Å². The molecule has 0 radical (unpaired) electrons. The van der Waals surface area contributed by atoms with Crippen molar-refractivity contribution in [1.29, 1.82) is 0 Å². The van der Waals surface area contributed by atoms with Crippen LogP contribution >= 0.6 is 0 Å². The second-order valence-corrected chi connectivity index (χ2v) is 6.78. The van der Waals surface area contributed by atoms with Gasteiger partial charge in [0.1, 0.15) is 11.5 Å². The van der Waals surface area contributed by atoms with Crippen LogP contribution in [0.25, 0.3) is 0 Å². The van der Waals surface area contributed by atoms with Gasteiger partial charge in [0.05, 0.1) is 20.4 Å². The van der Waals surface area contributed by atoms with E-state index in [0.29, 0.717) is 28.6 Å². The number of ether oxygens (including phenoxy) is 4. The number of hydrogen-bond donors (Lipinski definition) is 1. The summed E-state index contributed by atoms with van der Waals surface area (Å²) in [6, 6.07) is 22.1. The summed E-state index contributed by atoms with van der Waals surface area (Å²) < 4.78 is 22.6. The zero-order valence-corrected chi connectivity index (χ0v) is 17.1. The summed E-state index contributed by atoms with van der Waals surface area (Å²) in [4.78, 5) is 13.0. The summed E-state index contributed by atoms with van der Waals surface area (Å²) in [5.74, 6) is 1.91. The van der Waals surface area contributed by atoms with Crippen molar-refractivity contribution in [3.8, 4) is 23.0 Å². The van der Waals surface area contributed by atoms with Crippen LogP contribution in [0.3, 0.4) is 0 Å². The number of para-hydroxylation sites is 2. The predicted molar refractivity (Wildman–Crippen MR) is 116 cm³/mol. The van der Waals surface area contributed by atoms with Gasteiger partial charge in [0.2, 0.25) is 6.10 Å². The number of nitrogens with zero attached hydrogens (tertiary/aromatic N) is 1. The van der Waals surface area contributed by atoms with E-state index in [0.717, 1.165) is 5.56 Å². The zero-order valence-electron chi connectivity index (χ0n) is 17.1. The molecule has 3 aromatic carbocycles. The van der Waals surface area contributed by atoms with E-state index in [2.05, 4.69) is 10.5 Å². The number of hydrazone groups is 1. The first-order valence-electron chi connectivity index (χ1n) is 9.72. The quantitative estimate of drug-likeness (QED) is 0.487. The molecule has 4 rings (SSSR count). The molecule has 3 aromatic rings. The molecule has 1 N–H and O–H groups in total. The van der Waals surface area contributed by atoms with E-state index in [1.807, 2.05) is 48.5 Å². The standard InChI is InChI=1S/C24H22N2O5/c1-28-18-13-12-17(21(14-18)29-2)15-25-26-24(27)23-22(16-8-4-3-5-9-16)30-19-10-6-7-11-20(19)31-23/h3-15,22-23H,1-2H3,(H,26,27). The highest BCUT2D eigenvalue weighted by Gasteiger charge is 2.38. The lowest BCUT2D eigenvalue weighted by atomic mass is 10.0. The average molecular weight is 418 g/mol. The average Bonchev–Trinajstić information content (AvgIpc) is 2.83. The monoisotopic (exact) mass is 418 g/mol. The molecule has 0 saturated heterocycles. The van der Waals surface area contributed by atoms with E-state index in [-0.39, 0.29) is 0 Å². The number of carbonyl (C=O) groups is 1. The molecule has 31 heavy (non-hydrogen) atoms. The molecular formula is C24H22N2O5. The Hall–Kier alpha value is -4.00. The van der Waals surface area contributed by atoms with E-state index in [4.69, 9.17) is 18.9 Å². The van der Waals surface area contributed by atoms with Crippen LogP contribution in [0.4, 0.5) is 0 Å². The Bertz CT molecular complexity index is 1080. The molecule has 0 aliphatic carbocycles. The van der Waals surface area contributed by atoms with Crippen molar-refractivity contribution in [2.24, 2.45) is 5.10 Å². The van der Waals surface area contributed by atoms with Gasteiger partial charge >= 0.3 is 0 Å². The van der Waals surface area contributed by atoms with Crippen molar-refractivity contribution >= 4 is 12.1 Å². The molecule has 2 unspecified atom stereocenters. The number of rotatable bonds is 6. The topological polar surface area (TPSA) is 78.4 Å². The van der Waals surface area contributed by atoms with Gasteiger partial charge in [-0.05, 0) is 29.8 Å². The van der Waals surface area contributed by atoms with E-state index in [1.165, 1.54) is 6.21 Å². The largest absolute Gasteiger partial charge is 0.497 e. The summed E-state index contributed by atoms with van der Waals surface area (Å²) in [5.41, 5.74) is 4.07. The van der Waals surface area contributed by atoms with Crippen molar-refractivity contribution in [1.82, 2.24) is 5.43 Å². The van der Waals surface area contributed by atoms with Crippen molar-refractivity contribution in [2.45, 2.75) is 12.2 Å². The van der Waals surface area contributed by atoms with Crippen molar-refractivity contribution in [2.75, 3.05) is 14.2 Å². The van der Waals surface area contributed by atoms with Crippen LogP contribution in [-0.4, -0.2) is 32.4 Å². The minimum atomic E-state index is -0.910. The van der Waals surface area contributed by atoms with E-state index in [1.54, 1.807) is 38.5 Å². The zero-order chi connectivity index (χ0) is 21.6. The highest BCUT2D eigenvalue weighted by Crippen LogP contribution is 2.39. The number of amides is 1. The lowest BCUT2D eigenvalue weighted by molar-refractivity contribution is -0.134. The van der Waals surface area contributed by atoms with Gasteiger partial charge in [-0.15, -0.1) is 0 Å². The highest BCUT2D eigenvalue weighted by molar-refractivity contribution is 5.87. The molecular weight excluding hydrogens is 396 g/mol. The number of nitrogens with one attached hydrogen (secondary N) is 1. The summed E-state index contributed by atoms with van der Waals surface area (Å²) in [6.45, 7) is 0. The number of benzene rings is 3. The van der Waals surface area contributed by atoms with Gasteiger partial charge in [-0.3, -0.25) is 4.79 Å². The lowest BCUT2D eigenvalue weighted by Crippen LogP contribution is -2.44. The summed E-state index contributed by atoms with van der Waals surface area (Å²) in [5, 5.41) is 4.08. The van der Waals surface area contributed by atoms with Crippen LogP contribution < -0.4 is 24.4 Å². The molecule has 0 aromatic heterocycles. The Labute approximate surface area is 180 Å². The van der Waals surface area contributed by atoms with Crippen molar-refractivity contribution in [3.63, 3.8) is 0 Å². The van der Waals surface area contributed by atoms with Gasteiger partial charge in [-0.2, -0.15) is 5.10 Å².